The van der Waals surface area contributed by atoms with Gasteiger partial charge < -0.3 is 30.2 Å². The Labute approximate surface area is 308 Å². The Balaban J connectivity index is 0.951. The molecule has 4 heterocycles. The molecule has 2 aliphatic heterocycles. The number of hydrogen-bond acceptors (Lipinski definition) is 7. The van der Waals surface area contributed by atoms with Crippen LogP contribution < -0.4 is 16.0 Å². The number of nitrogens with zero attached hydrogens (tertiary/aromatic N) is 5. The summed E-state index contributed by atoms with van der Waals surface area (Å²) in [4.78, 5) is 50.8. The number of fused-ring (bicyclic) bond motifs is 4. The van der Waals surface area contributed by atoms with Crippen LogP contribution in [0, 0.1) is 17.8 Å². The van der Waals surface area contributed by atoms with Crippen molar-refractivity contribution in [2.24, 2.45) is 24.9 Å². The smallest absolute Gasteiger partial charge is 0.309 e. The van der Waals surface area contributed by atoms with Crippen LogP contribution in [0.5, 0.6) is 0 Å². The lowest BCUT2D eigenvalue weighted by Crippen LogP contribution is -2.34. The molecule has 52 heavy (non-hydrogen) atoms. The van der Waals surface area contributed by atoms with Gasteiger partial charge >= 0.3 is 5.97 Å². The summed E-state index contributed by atoms with van der Waals surface area (Å²) in [6.07, 6.45) is 7.03. The van der Waals surface area contributed by atoms with Gasteiger partial charge in [0, 0.05) is 75.8 Å². The van der Waals surface area contributed by atoms with Crippen LogP contribution in [0.1, 0.15) is 88.1 Å². The zero-order valence-corrected chi connectivity index (χ0v) is 30.7. The SMILES string of the molecule is Cc1c(NC(=O)c2nc3c(n2C)CCNC3)cccc1-c1cccc(NC(=O)c2nc3c(n2C)CCN(CCC24CCC(C(=O)O)(CC2)C4)C3)c1Cl. The fourth-order valence-electron chi connectivity index (χ4n) is 9.24. The number of rotatable bonds is 9. The van der Waals surface area contributed by atoms with E-state index >= 15 is 0 Å². The van der Waals surface area contributed by atoms with Crippen molar-refractivity contribution in [2.45, 2.75) is 71.4 Å². The molecule has 2 aromatic carbocycles. The average Bonchev–Trinajstić information content (AvgIpc) is 3.90. The summed E-state index contributed by atoms with van der Waals surface area (Å²) in [5.41, 5.74) is 7.11. The Bertz CT molecular complexity index is 2110. The molecule has 0 saturated heterocycles. The number of carboxylic acids is 1. The number of carboxylic acid groups (broad SMARTS) is 1. The maximum Gasteiger partial charge on any atom is 0.309 e. The van der Waals surface area contributed by atoms with Crippen molar-refractivity contribution in [1.29, 1.82) is 0 Å². The highest BCUT2D eigenvalue weighted by molar-refractivity contribution is 6.36. The van der Waals surface area contributed by atoms with Gasteiger partial charge in [0.25, 0.3) is 11.8 Å². The maximum atomic E-state index is 13.7. The van der Waals surface area contributed by atoms with Gasteiger partial charge in [-0.15, -0.1) is 0 Å². The molecule has 0 radical (unpaired) electrons. The lowest BCUT2D eigenvalue weighted by Gasteiger charge is -2.32. The number of carbonyl (C=O) groups excluding carboxylic acids is 2. The molecule has 0 spiro atoms. The molecule has 2 aromatic heterocycles. The lowest BCUT2D eigenvalue weighted by atomic mass is 9.80. The zero-order chi connectivity index (χ0) is 36.4. The van der Waals surface area contributed by atoms with Crippen molar-refractivity contribution >= 4 is 40.8 Å². The lowest BCUT2D eigenvalue weighted by molar-refractivity contribution is -0.148. The van der Waals surface area contributed by atoms with Crippen molar-refractivity contribution in [1.82, 2.24) is 29.3 Å². The monoisotopic (exact) mass is 724 g/mol. The van der Waals surface area contributed by atoms with E-state index in [1.807, 2.05) is 60.5 Å². The molecule has 12 nitrogen and oxygen atoms in total. The largest absolute Gasteiger partial charge is 0.481 e. The number of amides is 2. The van der Waals surface area contributed by atoms with Crippen LogP contribution in [0.25, 0.3) is 11.1 Å². The zero-order valence-electron chi connectivity index (χ0n) is 29.9. The van der Waals surface area contributed by atoms with Crippen LogP contribution in [-0.2, 0) is 44.8 Å². The first-order valence-electron chi connectivity index (χ1n) is 18.2. The normalized spacial score (nSPS) is 22.2. The van der Waals surface area contributed by atoms with Crippen LogP contribution in [0.4, 0.5) is 11.4 Å². The van der Waals surface area contributed by atoms with Gasteiger partial charge in [-0.1, -0.05) is 35.9 Å². The number of anilines is 2. The Morgan fingerprint density at radius 3 is 2.19 bits per heavy atom. The predicted molar refractivity (Wildman–Crippen MR) is 199 cm³/mol. The van der Waals surface area contributed by atoms with Crippen LogP contribution in [-0.4, -0.2) is 66.5 Å². The average molecular weight is 725 g/mol. The quantitative estimate of drug-likeness (QED) is 0.172. The van der Waals surface area contributed by atoms with Gasteiger partial charge in [0.15, 0.2) is 11.6 Å². The minimum Gasteiger partial charge on any atom is -0.481 e. The van der Waals surface area contributed by atoms with Gasteiger partial charge in [0.05, 0.1) is 27.5 Å². The molecule has 13 heteroatoms. The minimum absolute atomic E-state index is 0.145. The number of hydrogen-bond donors (Lipinski definition) is 4. The van der Waals surface area contributed by atoms with Gasteiger partial charge in [-0.05, 0) is 80.7 Å². The van der Waals surface area contributed by atoms with E-state index in [9.17, 15) is 19.5 Å². The molecule has 4 aliphatic rings. The Hall–Kier alpha value is -4.52. The van der Waals surface area contributed by atoms with E-state index in [0.29, 0.717) is 41.1 Å². The third-order valence-electron chi connectivity index (χ3n) is 12.4. The Morgan fingerprint density at radius 1 is 0.885 bits per heavy atom. The van der Waals surface area contributed by atoms with Crippen LogP contribution in [0.3, 0.4) is 0 Å². The van der Waals surface area contributed by atoms with Crippen molar-refractivity contribution in [3.63, 3.8) is 0 Å². The first-order chi connectivity index (χ1) is 25.0. The molecule has 4 N–H and O–H groups in total. The second-order valence-corrected chi connectivity index (χ2v) is 15.7. The van der Waals surface area contributed by atoms with E-state index in [2.05, 4.69) is 25.8 Å². The maximum absolute atomic E-state index is 13.7. The molecule has 4 aromatic rings. The van der Waals surface area contributed by atoms with E-state index < -0.39 is 11.4 Å². The van der Waals surface area contributed by atoms with E-state index in [0.717, 1.165) is 110 Å². The van der Waals surface area contributed by atoms with Gasteiger partial charge in [0.1, 0.15) is 0 Å². The summed E-state index contributed by atoms with van der Waals surface area (Å²) in [5, 5.41) is 19.6. The molecule has 2 bridgehead atoms. The molecule has 272 valence electrons. The number of aliphatic carboxylic acids is 1. The van der Waals surface area contributed by atoms with E-state index in [1.165, 1.54) is 0 Å². The highest BCUT2D eigenvalue weighted by atomic mass is 35.5. The number of halogens is 1. The summed E-state index contributed by atoms with van der Waals surface area (Å²) in [6, 6.07) is 11.2. The highest BCUT2D eigenvalue weighted by Crippen LogP contribution is 2.63. The first-order valence-corrected chi connectivity index (χ1v) is 18.6. The van der Waals surface area contributed by atoms with Crippen molar-refractivity contribution in [3.8, 4) is 11.1 Å². The Morgan fingerprint density at radius 2 is 1.52 bits per heavy atom. The molecule has 2 fully saturated rings. The molecule has 2 aliphatic carbocycles. The summed E-state index contributed by atoms with van der Waals surface area (Å²) < 4.78 is 3.76. The summed E-state index contributed by atoms with van der Waals surface area (Å²) in [6.45, 7) is 5.89. The number of benzene rings is 2. The predicted octanol–water partition coefficient (Wildman–Crippen LogP) is 5.72. The topological polar surface area (TPSA) is 146 Å². The number of aromatic nitrogens is 4. The third kappa shape index (κ3) is 5.90. The van der Waals surface area contributed by atoms with Crippen LogP contribution in [0.2, 0.25) is 5.02 Å². The molecular weight excluding hydrogens is 680 g/mol. The molecule has 8 rings (SSSR count). The second-order valence-electron chi connectivity index (χ2n) is 15.3. The van der Waals surface area contributed by atoms with Gasteiger partial charge in [-0.25, -0.2) is 9.97 Å². The number of imidazole rings is 2. The fraction of sp³-hybridized carbons (Fsp3) is 0.462. The van der Waals surface area contributed by atoms with Gasteiger partial charge in [-0.3, -0.25) is 19.3 Å². The van der Waals surface area contributed by atoms with Crippen LogP contribution in [0.15, 0.2) is 36.4 Å². The third-order valence-corrected chi connectivity index (χ3v) is 12.8. The van der Waals surface area contributed by atoms with Crippen molar-refractivity contribution < 1.29 is 19.5 Å². The Kier molecular flexibility index (Phi) is 8.74. The standard InChI is InChI=1S/C39H45ClN8O4/c1-23-24(6-4-8-26(23)44-35(49)33-42-28-20-41-17-10-30(28)46(33)2)25-7-5-9-27(32(25)40)45-36(50)34-43-29-21-48(18-11-31(29)47(34)3)19-16-38-12-14-39(22-38,15-13-38)37(51)52/h4-9,41H,10-22H2,1-3H3,(H,44,49)(H,45,50)(H,51,52). The van der Waals surface area contributed by atoms with E-state index in [1.54, 1.807) is 6.07 Å². The molecule has 2 saturated carbocycles. The summed E-state index contributed by atoms with van der Waals surface area (Å²) in [7, 11) is 3.76. The van der Waals surface area contributed by atoms with Crippen LogP contribution >= 0.6 is 11.6 Å². The summed E-state index contributed by atoms with van der Waals surface area (Å²) in [5.74, 6) is -0.536. The molecule has 2 amide bonds. The van der Waals surface area contributed by atoms with E-state index in [4.69, 9.17) is 16.6 Å². The molecule has 0 unspecified atom stereocenters. The summed E-state index contributed by atoms with van der Waals surface area (Å²) >= 11 is 6.99. The van der Waals surface area contributed by atoms with Gasteiger partial charge in [0.2, 0.25) is 0 Å². The minimum atomic E-state index is -0.621. The molecular formula is C39H45ClN8O4. The van der Waals surface area contributed by atoms with Crippen molar-refractivity contribution in [2.75, 3.05) is 30.3 Å². The highest BCUT2D eigenvalue weighted by Gasteiger charge is 2.57. The van der Waals surface area contributed by atoms with Crippen molar-refractivity contribution in [3.05, 3.63) is 81.4 Å². The van der Waals surface area contributed by atoms with Gasteiger partial charge in [-0.2, -0.15) is 0 Å². The second kappa shape index (κ2) is 13.2. The number of nitrogens with one attached hydrogen (secondary N) is 3. The number of carbonyl (C=O) groups is 3. The first kappa shape index (κ1) is 34.6. The fourth-order valence-corrected chi connectivity index (χ4v) is 9.52. The molecule has 0 atom stereocenters. The van der Waals surface area contributed by atoms with E-state index in [-0.39, 0.29) is 17.2 Å².